The summed E-state index contributed by atoms with van der Waals surface area (Å²) < 4.78 is 11.6. The number of likely N-dealkylation sites (tertiary alicyclic amines) is 1. The molecular formula is C25H35N3O7. The number of carbonyl (C=O) groups is 5. The molecule has 1 aromatic rings. The standard InChI is InChI=1S/C25H35N3O7/c1-17(9-10-21(31)26-16-30)27(5)23(32)22-18(15-29)7-6-8-20(22)34-19-11-13-28(14-12-19)24(33)35-25(2,3)4/h6-8,15-17,19H,9-14H2,1-5H3,(H,26,30,31). The summed E-state index contributed by atoms with van der Waals surface area (Å²) in [5.41, 5.74) is -0.212. The van der Waals surface area contributed by atoms with Gasteiger partial charge in [0.2, 0.25) is 12.3 Å². The van der Waals surface area contributed by atoms with E-state index in [1.54, 1.807) is 37.1 Å². The first kappa shape index (κ1) is 27.8. The maximum atomic E-state index is 13.3. The van der Waals surface area contributed by atoms with Crippen molar-refractivity contribution < 1.29 is 33.4 Å². The Morgan fingerprint density at radius 3 is 2.43 bits per heavy atom. The molecule has 1 aromatic carbocycles. The van der Waals surface area contributed by atoms with Gasteiger partial charge in [0.25, 0.3) is 5.91 Å². The largest absolute Gasteiger partial charge is 0.489 e. The number of piperidine rings is 1. The van der Waals surface area contributed by atoms with E-state index in [4.69, 9.17) is 9.47 Å². The third kappa shape index (κ3) is 8.08. The van der Waals surface area contributed by atoms with Crippen molar-refractivity contribution in [3.63, 3.8) is 0 Å². The lowest BCUT2D eigenvalue weighted by atomic mass is 10.0. The second-order valence-corrected chi connectivity index (χ2v) is 9.61. The van der Waals surface area contributed by atoms with E-state index in [-0.39, 0.29) is 35.8 Å². The molecule has 0 aliphatic carbocycles. The summed E-state index contributed by atoms with van der Waals surface area (Å²) in [6, 6.07) is 4.52. The lowest BCUT2D eigenvalue weighted by Crippen LogP contribution is -2.44. The van der Waals surface area contributed by atoms with Crippen molar-refractivity contribution in [2.45, 2.75) is 71.1 Å². The van der Waals surface area contributed by atoms with Gasteiger partial charge in [-0.3, -0.25) is 24.5 Å². The highest BCUT2D eigenvalue weighted by Gasteiger charge is 2.30. The molecule has 0 bridgehead atoms. The SMILES string of the molecule is CC(CCC(=O)NC=O)N(C)C(=O)c1c(C=O)cccc1OC1CCN(C(=O)OC(C)(C)C)CC1. The van der Waals surface area contributed by atoms with Gasteiger partial charge in [0.15, 0.2) is 6.29 Å². The van der Waals surface area contributed by atoms with E-state index in [0.717, 1.165) is 0 Å². The molecule has 2 rings (SSSR count). The number of nitrogens with one attached hydrogen (secondary N) is 1. The fourth-order valence-corrected chi connectivity index (χ4v) is 3.68. The fraction of sp³-hybridized carbons (Fsp3) is 0.560. The second kappa shape index (κ2) is 12.3. The molecule has 192 valence electrons. The van der Waals surface area contributed by atoms with Crippen LogP contribution in [0.3, 0.4) is 0 Å². The molecule has 1 aliphatic heterocycles. The molecule has 0 radical (unpaired) electrons. The Balaban J connectivity index is 2.09. The minimum atomic E-state index is -0.573. The van der Waals surface area contributed by atoms with Gasteiger partial charge in [0.05, 0.1) is 5.56 Å². The monoisotopic (exact) mass is 489 g/mol. The van der Waals surface area contributed by atoms with Gasteiger partial charge < -0.3 is 19.3 Å². The van der Waals surface area contributed by atoms with Crippen LogP contribution in [0.4, 0.5) is 4.79 Å². The molecule has 1 atom stereocenters. The summed E-state index contributed by atoms with van der Waals surface area (Å²) in [7, 11) is 1.59. The van der Waals surface area contributed by atoms with Gasteiger partial charge >= 0.3 is 6.09 Å². The zero-order valence-electron chi connectivity index (χ0n) is 21.0. The summed E-state index contributed by atoms with van der Waals surface area (Å²) in [6.07, 6.45) is 1.85. The molecule has 4 amide bonds. The predicted octanol–water partition coefficient (Wildman–Crippen LogP) is 2.79. The number of carbonyl (C=O) groups excluding carboxylic acids is 5. The molecule has 1 aliphatic rings. The molecule has 35 heavy (non-hydrogen) atoms. The Kier molecular flexibility index (Phi) is 9.79. The predicted molar refractivity (Wildman–Crippen MR) is 128 cm³/mol. The van der Waals surface area contributed by atoms with Crippen LogP contribution in [0.5, 0.6) is 5.75 Å². The molecule has 1 N–H and O–H groups in total. The van der Waals surface area contributed by atoms with Crippen molar-refractivity contribution in [3.05, 3.63) is 29.3 Å². The molecular weight excluding hydrogens is 454 g/mol. The Bertz CT molecular complexity index is 933. The van der Waals surface area contributed by atoms with E-state index < -0.39 is 17.4 Å². The number of benzene rings is 1. The zero-order chi connectivity index (χ0) is 26.2. The molecule has 0 aromatic heterocycles. The van der Waals surface area contributed by atoms with Crippen LogP contribution in [-0.4, -0.2) is 78.3 Å². The number of aldehydes is 1. The molecule has 1 fully saturated rings. The first-order valence-corrected chi connectivity index (χ1v) is 11.7. The van der Waals surface area contributed by atoms with Crippen LogP contribution in [0, 0.1) is 0 Å². The van der Waals surface area contributed by atoms with Gasteiger partial charge in [-0.25, -0.2) is 4.79 Å². The van der Waals surface area contributed by atoms with Gasteiger partial charge in [0.1, 0.15) is 17.5 Å². The van der Waals surface area contributed by atoms with E-state index in [9.17, 15) is 24.0 Å². The number of ether oxygens (including phenoxy) is 2. The average molecular weight is 490 g/mol. The van der Waals surface area contributed by atoms with E-state index >= 15 is 0 Å². The molecule has 1 heterocycles. The molecule has 1 saturated heterocycles. The van der Waals surface area contributed by atoms with Gasteiger partial charge in [-0.15, -0.1) is 0 Å². The number of imide groups is 1. The van der Waals surface area contributed by atoms with Gasteiger partial charge in [-0.1, -0.05) is 12.1 Å². The van der Waals surface area contributed by atoms with E-state index in [0.29, 0.717) is 50.8 Å². The zero-order valence-corrected chi connectivity index (χ0v) is 21.0. The van der Waals surface area contributed by atoms with E-state index in [2.05, 4.69) is 5.32 Å². The highest BCUT2D eigenvalue weighted by atomic mass is 16.6. The number of hydrogen-bond donors (Lipinski definition) is 1. The highest BCUT2D eigenvalue weighted by molar-refractivity contribution is 6.04. The van der Waals surface area contributed by atoms with Gasteiger partial charge in [-0.05, 0) is 40.2 Å². The van der Waals surface area contributed by atoms with Crippen LogP contribution in [0.15, 0.2) is 18.2 Å². The maximum Gasteiger partial charge on any atom is 0.410 e. The minimum absolute atomic E-state index is 0.0758. The van der Waals surface area contributed by atoms with Crippen LogP contribution < -0.4 is 10.1 Å². The number of rotatable bonds is 9. The van der Waals surface area contributed by atoms with Crippen molar-refractivity contribution in [2.24, 2.45) is 0 Å². The molecule has 0 saturated carbocycles. The smallest absolute Gasteiger partial charge is 0.410 e. The Labute approximate surface area is 205 Å². The van der Waals surface area contributed by atoms with Gasteiger partial charge in [-0.2, -0.15) is 0 Å². The molecule has 10 heteroatoms. The number of hydrogen-bond acceptors (Lipinski definition) is 7. The average Bonchev–Trinajstić information content (AvgIpc) is 2.81. The van der Waals surface area contributed by atoms with Crippen LogP contribution >= 0.6 is 0 Å². The Morgan fingerprint density at radius 2 is 1.86 bits per heavy atom. The van der Waals surface area contributed by atoms with Crippen LogP contribution in [-0.2, 0) is 14.3 Å². The Morgan fingerprint density at radius 1 is 1.20 bits per heavy atom. The van der Waals surface area contributed by atoms with Crippen molar-refractivity contribution in [1.82, 2.24) is 15.1 Å². The van der Waals surface area contributed by atoms with Gasteiger partial charge in [0, 0.05) is 51.0 Å². The van der Waals surface area contributed by atoms with E-state index in [1.807, 2.05) is 20.8 Å². The van der Waals surface area contributed by atoms with Crippen LogP contribution in [0.2, 0.25) is 0 Å². The summed E-state index contributed by atoms with van der Waals surface area (Å²) >= 11 is 0. The summed E-state index contributed by atoms with van der Waals surface area (Å²) in [5, 5.41) is 2.07. The lowest BCUT2D eigenvalue weighted by molar-refractivity contribution is -0.125. The van der Waals surface area contributed by atoms with Crippen LogP contribution in [0.25, 0.3) is 0 Å². The third-order valence-corrected chi connectivity index (χ3v) is 5.78. The quantitative estimate of drug-likeness (QED) is 0.529. The van der Waals surface area contributed by atoms with Crippen molar-refractivity contribution in [3.8, 4) is 5.75 Å². The molecule has 10 nitrogen and oxygen atoms in total. The lowest BCUT2D eigenvalue weighted by Gasteiger charge is -2.34. The van der Waals surface area contributed by atoms with Crippen molar-refractivity contribution in [2.75, 3.05) is 20.1 Å². The van der Waals surface area contributed by atoms with Crippen molar-refractivity contribution >= 4 is 30.6 Å². The van der Waals surface area contributed by atoms with E-state index in [1.165, 1.54) is 4.90 Å². The number of amides is 4. The molecule has 0 spiro atoms. The minimum Gasteiger partial charge on any atom is -0.489 e. The summed E-state index contributed by atoms with van der Waals surface area (Å²) in [5.74, 6) is -0.534. The second-order valence-electron chi connectivity index (χ2n) is 9.61. The van der Waals surface area contributed by atoms with Crippen molar-refractivity contribution in [1.29, 1.82) is 0 Å². The first-order valence-electron chi connectivity index (χ1n) is 11.7. The summed E-state index contributed by atoms with van der Waals surface area (Å²) in [4.78, 5) is 62.4. The molecule has 1 unspecified atom stereocenters. The first-order chi connectivity index (χ1) is 16.5. The van der Waals surface area contributed by atoms with Crippen LogP contribution in [0.1, 0.15) is 74.1 Å². The topological polar surface area (TPSA) is 122 Å². The maximum absolute atomic E-state index is 13.3. The summed E-state index contributed by atoms with van der Waals surface area (Å²) in [6.45, 7) is 8.14. The normalized spacial score (nSPS) is 15.1. The Hall–Kier alpha value is -3.43. The fourth-order valence-electron chi connectivity index (χ4n) is 3.68. The third-order valence-electron chi connectivity index (χ3n) is 5.78. The highest BCUT2D eigenvalue weighted by Crippen LogP contribution is 2.28. The number of nitrogens with zero attached hydrogens (tertiary/aromatic N) is 2.